The highest BCUT2D eigenvalue weighted by Crippen LogP contribution is 2.20. The Hall–Kier alpha value is -4.72. The summed E-state index contributed by atoms with van der Waals surface area (Å²) in [5, 5.41) is 10.6. The summed E-state index contributed by atoms with van der Waals surface area (Å²) in [5.41, 5.74) is 5.62. The van der Waals surface area contributed by atoms with Gasteiger partial charge in [-0.3, -0.25) is 0 Å². The molecular formula is C25H23N7O. The second-order valence-electron chi connectivity index (χ2n) is 6.81. The normalized spacial score (nSPS) is 10.9. The largest absolute Gasteiger partial charge is 0.497 e. The van der Waals surface area contributed by atoms with E-state index in [0.717, 1.165) is 22.7 Å². The third-order valence-electron chi connectivity index (χ3n) is 4.42. The van der Waals surface area contributed by atoms with Crippen LogP contribution in [0.4, 0.5) is 29.2 Å². The van der Waals surface area contributed by atoms with Crippen LogP contribution in [-0.2, 0) is 0 Å². The molecule has 3 aromatic carbocycles. The highest BCUT2D eigenvalue weighted by molar-refractivity contribution is 5.78. The third kappa shape index (κ3) is 6.63. The molecule has 0 spiro atoms. The minimum Gasteiger partial charge on any atom is -0.497 e. The van der Waals surface area contributed by atoms with Gasteiger partial charge in [-0.2, -0.15) is 20.1 Å². The fourth-order valence-electron chi connectivity index (χ4n) is 2.85. The van der Waals surface area contributed by atoms with Crippen LogP contribution < -0.4 is 20.8 Å². The number of methoxy groups -OCH3 is 1. The first-order chi connectivity index (χ1) is 16.3. The number of rotatable bonds is 9. The Kier molecular flexibility index (Phi) is 7.21. The van der Waals surface area contributed by atoms with Crippen LogP contribution in [0.3, 0.4) is 0 Å². The number of aromatic nitrogens is 3. The molecule has 0 bridgehead atoms. The lowest BCUT2D eigenvalue weighted by molar-refractivity contribution is 0.415. The molecule has 3 N–H and O–H groups in total. The Morgan fingerprint density at radius 3 is 1.91 bits per heavy atom. The molecule has 4 aromatic rings. The van der Waals surface area contributed by atoms with Crippen molar-refractivity contribution in [3.8, 4) is 5.75 Å². The first-order valence-corrected chi connectivity index (χ1v) is 10.3. The van der Waals surface area contributed by atoms with Gasteiger partial charge in [-0.25, -0.2) is 5.43 Å². The van der Waals surface area contributed by atoms with E-state index in [2.05, 4.69) is 36.1 Å². The monoisotopic (exact) mass is 437 g/mol. The Morgan fingerprint density at radius 2 is 1.27 bits per heavy atom. The molecule has 0 aliphatic carbocycles. The Bertz CT molecular complexity index is 1210. The van der Waals surface area contributed by atoms with Crippen LogP contribution in [0.1, 0.15) is 5.56 Å². The first-order valence-electron chi connectivity index (χ1n) is 10.3. The van der Waals surface area contributed by atoms with E-state index in [1.165, 1.54) is 0 Å². The highest BCUT2D eigenvalue weighted by atomic mass is 16.5. The lowest BCUT2D eigenvalue weighted by Gasteiger charge is -2.10. The van der Waals surface area contributed by atoms with Crippen LogP contribution in [-0.4, -0.2) is 28.3 Å². The summed E-state index contributed by atoms with van der Waals surface area (Å²) in [5.74, 6) is 1.81. The van der Waals surface area contributed by atoms with Gasteiger partial charge in [0.25, 0.3) is 0 Å². The quantitative estimate of drug-likeness (QED) is 0.236. The fraction of sp³-hybridized carbons (Fsp3) is 0.0400. The predicted octanol–water partition coefficient (Wildman–Crippen LogP) is 5.48. The summed E-state index contributed by atoms with van der Waals surface area (Å²) in [4.78, 5) is 13.3. The number of para-hydroxylation sites is 1. The average Bonchev–Trinajstić information content (AvgIpc) is 2.85. The Balaban J connectivity index is 1.51. The summed E-state index contributed by atoms with van der Waals surface area (Å²) in [7, 11) is 1.63. The molecule has 0 radical (unpaired) electrons. The zero-order valence-electron chi connectivity index (χ0n) is 18.0. The van der Waals surface area contributed by atoms with Crippen molar-refractivity contribution in [3.05, 3.63) is 96.6 Å². The van der Waals surface area contributed by atoms with E-state index < -0.39 is 0 Å². The molecule has 0 aliphatic heterocycles. The van der Waals surface area contributed by atoms with Gasteiger partial charge in [-0.15, -0.1) is 0 Å². The number of hydrogen-bond donors (Lipinski definition) is 3. The summed E-state index contributed by atoms with van der Waals surface area (Å²) in [6.07, 6.45) is 5.43. The lowest BCUT2D eigenvalue weighted by atomic mass is 10.2. The van der Waals surface area contributed by atoms with Crippen LogP contribution in [0, 0.1) is 0 Å². The van der Waals surface area contributed by atoms with Crippen molar-refractivity contribution in [1.29, 1.82) is 0 Å². The molecule has 8 heteroatoms. The van der Waals surface area contributed by atoms with Gasteiger partial charge in [0.15, 0.2) is 0 Å². The van der Waals surface area contributed by atoms with E-state index in [0.29, 0.717) is 17.8 Å². The number of allylic oxidation sites excluding steroid dienone is 1. The van der Waals surface area contributed by atoms with E-state index in [-0.39, 0.29) is 0 Å². The molecule has 0 aliphatic rings. The SMILES string of the molecule is COc1ccc(Nc2nc(NN=CC=Cc3ccccc3)nc(Nc3ccccc3)n2)cc1. The number of hydrazone groups is 1. The smallest absolute Gasteiger partial charge is 0.250 e. The molecule has 0 fully saturated rings. The number of nitrogens with one attached hydrogen (secondary N) is 3. The topological polar surface area (TPSA) is 96.4 Å². The molecule has 1 aromatic heterocycles. The average molecular weight is 438 g/mol. The summed E-state index contributed by atoms with van der Waals surface area (Å²) in [6.45, 7) is 0. The second kappa shape index (κ2) is 11.1. The summed E-state index contributed by atoms with van der Waals surface area (Å²) < 4.78 is 5.21. The van der Waals surface area contributed by atoms with Gasteiger partial charge in [-0.1, -0.05) is 54.6 Å². The van der Waals surface area contributed by atoms with Gasteiger partial charge in [0, 0.05) is 17.6 Å². The van der Waals surface area contributed by atoms with E-state index >= 15 is 0 Å². The fourth-order valence-corrected chi connectivity index (χ4v) is 2.85. The number of ether oxygens (including phenoxy) is 1. The van der Waals surface area contributed by atoms with Crippen LogP contribution >= 0.6 is 0 Å². The van der Waals surface area contributed by atoms with Gasteiger partial charge < -0.3 is 15.4 Å². The van der Waals surface area contributed by atoms with Crippen molar-refractivity contribution in [2.45, 2.75) is 0 Å². The Labute approximate surface area is 192 Å². The Morgan fingerprint density at radius 1 is 0.697 bits per heavy atom. The predicted molar refractivity (Wildman–Crippen MR) is 133 cm³/mol. The van der Waals surface area contributed by atoms with Gasteiger partial charge in [0.2, 0.25) is 17.8 Å². The third-order valence-corrected chi connectivity index (χ3v) is 4.42. The van der Waals surface area contributed by atoms with Crippen molar-refractivity contribution in [2.24, 2.45) is 5.10 Å². The molecule has 1 heterocycles. The molecule has 0 amide bonds. The molecule has 0 saturated heterocycles. The second-order valence-corrected chi connectivity index (χ2v) is 6.81. The van der Waals surface area contributed by atoms with Crippen molar-refractivity contribution in [2.75, 3.05) is 23.2 Å². The molecule has 33 heavy (non-hydrogen) atoms. The lowest BCUT2D eigenvalue weighted by Crippen LogP contribution is -2.07. The van der Waals surface area contributed by atoms with Crippen LogP contribution in [0.25, 0.3) is 6.08 Å². The van der Waals surface area contributed by atoms with Crippen molar-refractivity contribution >= 4 is 41.5 Å². The van der Waals surface area contributed by atoms with Crippen LogP contribution in [0.15, 0.2) is 96.1 Å². The molecule has 0 unspecified atom stereocenters. The van der Waals surface area contributed by atoms with E-state index in [9.17, 15) is 0 Å². The maximum atomic E-state index is 5.21. The number of anilines is 5. The number of nitrogens with zero attached hydrogens (tertiary/aromatic N) is 4. The van der Waals surface area contributed by atoms with E-state index in [4.69, 9.17) is 4.74 Å². The highest BCUT2D eigenvalue weighted by Gasteiger charge is 2.07. The maximum absolute atomic E-state index is 5.21. The van der Waals surface area contributed by atoms with E-state index in [1.807, 2.05) is 97.1 Å². The molecule has 0 saturated carbocycles. The number of hydrogen-bond acceptors (Lipinski definition) is 8. The van der Waals surface area contributed by atoms with Crippen molar-refractivity contribution in [3.63, 3.8) is 0 Å². The first kappa shape index (κ1) is 21.5. The van der Waals surface area contributed by atoms with Crippen LogP contribution in [0.5, 0.6) is 5.75 Å². The minimum absolute atomic E-state index is 0.295. The van der Waals surface area contributed by atoms with Gasteiger partial charge in [0.1, 0.15) is 5.75 Å². The van der Waals surface area contributed by atoms with Crippen molar-refractivity contribution in [1.82, 2.24) is 15.0 Å². The zero-order valence-corrected chi connectivity index (χ0v) is 18.0. The molecule has 4 rings (SSSR count). The van der Waals surface area contributed by atoms with Crippen molar-refractivity contribution < 1.29 is 4.74 Å². The summed E-state index contributed by atoms with van der Waals surface area (Å²) in [6, 6.07) is 27.1. The van der Waals surface area contributed by atoms with Gasteiger partial charge in [-0.05, 0) is 48.0 Å². The maximum Gasteiger partial charge on any atom is 0.250 e. The number of benzene rings is 3. The molecule has 8 nitrogen and oxygen atoms in total. The minimum atomic E-state index is 0.295. The van der Waals surface area contributed by atoms with Crippen LogP contribution in [0.2, 0.25) is 0 Å². The standard InChI is InChI=1S/C25H23N7O/c1-33-22-16-14-21(15-17-22)28-24-29-23(27-20-12-6-3-7-13-20)30-25(31-24)32-26-18-8-11-19-9-4-2-5-10-19/h2-18H,1H3,(H3,27,28,29,30,31,32). The zero-order chi connectivity index (χ0) is 22.7. The van der Waals surface area contributed by atoms with E-state index in [1.54, 1.807) is 13.3 Å². The molecule has 0 atom stereocenters. The van der Waals surface area contributed by atoms with Gasteiger partial charge >= 0.3 is 0 Å². The molecule has 164 valence electrons. The molecular weight excluding hydrogens is 414 g/mol. The summed E-state index contributed by atoms with van der Waals surface area (Å²) >= 11 is 0. The van der Waals surface area contributed by atoms with Gasteiger partial charge in [0.05, 0.1) is 7.11 Å².